The largest absolute Gasteiger partial charge is 0.394 e. The number of hydrogen-bond acceptors (Lipinski definition) is 22. The minimum absolute atomic E-state index is 0.276. The molecule has 3 saturated heterocycles. The third kappa shape index (κ3) is 14.8. The molecule has 0 spiro atoms. The van der Waals surface area contributed by atoms with Crippen LogP contribution < -0.4 is 0 Å². The lowest BCUT2D eigenvalue weighted by Crippen LogP contribution is -2.55. The van der Waals surface area contributed by atoms with E-state index in [1.165, 1.54) is 9.36 Å². The van der Waals surface area contributed by atoms with E-state index in [1.807, 2.05) is 0 Å². The van der Waals surface area contributed by atoms with Crippen molar-refractivity contribution in [3.05, 3.63) is 23.8 Å². The molecule has 2 aromatic rings. The van der Waals surface area contributed by atoms with Crippen molar-refractivity contribution in [1.82, 2.24) is 39.8 Å². The normalized spacial score (nSPS) is 29.4. The van der Waals surface area contributed by atoms with Gasteiger partial charge >= 0.3 is 0 Å². The molecule has 0 aliphatic carbocycles. The number of nitrogens with zero attached hydrogens (tertiary/aromatic N) is 8. The molecule has 0 radical (unpaired) electrons. The fraction of sp³-hybridized carbons (Fsp3) is 0.889. The van der Waals surface area contributed by atoms with Gasteiger partial charge in [-0.2, -0.15) is 0 Å². The topological polar surface area (TPSA) is 304 Å². The molecule has 24 heteroatoms. The molecule has 0 unspecified atom stereocenters. The van der Waals surface area contributed by atoms with Crippen molar-refractivity contribution in [3.63, 3.8) is 0 Å². The Kier molecular flexibility index (Phi) is 21.3. The van der Waals surface area contributed by atoms with Gasteiger partial charge in [0.25, 0.3) is 0 Å². The van der Waals surface area contributed by atoms with Crippen LogP contribution in [0.2, 0.25) is 0 Å². The maximum atomic E-state index is 10.3. The smallest absolute Gasteiger partial charge is 0.132 e. The average Bonchev–Trinajstić information content (AvgIpc) is 3.94. The Morgan fingerprint density at radius 1 is 0.450 bits per heavy atom. The first-order valence-electron chi connectivity index (χ1n) is 20.5. The summed E-state index contributed by atoms with van der Waals surface area (Å²) in [7, 11) is 0. The van der Waals surface area contributed by atoms with E-state index in [4.69, 9.17) is 37.9 Å². The molecule has 0 aromatic carbocycles. The van der Waals surface area contributed by atoms with Gasteiger partial charge in [0.1, 0.15) is 72.4 Å². The highest BCUT2D eigenvalue weighted by atomic mass is 16.6. The predicted molar refractivity (Wildman–Crippen MR) is 203 cm³/mol. The van der Waals surface area contributed by atoms with Crippen LogP contribution >= 0.6 is 0 Å². The first-order chi connectivity index (χ1) is 29.2. The summed E-state index contributed by atoms with van der Waals surface area (Å²) in [6, 6.07) is 0. The summed E-state index contributed by atoms with van der Waals surface area (Å²) in [5.41, 5.74) is 0.552. The van der Waals surface area contributed by atoms with Crippen molar-refractivity contribution >= 4 is 0 Å². The van der Waals surface area contributed by atoms with Gasteiger partial charge < -0.3 is 78.7 Å². The van der Waals surface area contributed by atoms with Crippen LogP contribution in [0.25, 0.3) is 0 Å². The predicted octanol–water partition coefficient (Wildman–Crippen LogP) is -5.68. The second kappa shape index (κ2) is 26.2. The summed E-state index contributed by atoms with van der Waals surface area (Å²) in [6.07, 6.45) is -9.61. The molecule has 3 aliphatic heterocycles. The third-order valence-corrected chi connectivity index (χ3v) is 10.5. The molecule has 10 atom stereocenters. The van der Waals surface area contributed by atoms with Crippen LogP contribution in [-0.2, 0) is 51.0 Å². The van der Waals surface area contributed by atoms with Gasteiger partial charge in [0.15, 0.2) is 0 Å². The van der Waals surface area contributed by atoms with Gasteiger partial charge in [0, 0.05) is 39.3 Å². The molecule has 2 aromatic heterocycles. The number of aliphatic hydroxyl groups excluding tert-OH is 8. The summed E-state index contributed by atoms with van der Waals surface area (Å²) in [5.74, 6) is 0. The minimum Gasteiger partial charge on any atom is -0.394 e. The highest BCUT2D eigenvalue weighted by Gasteiger charge is 2.46. The third-order valence-electron chi connectivity index (χ3n) is 10.5. The SMILES string of the molecule is OC[C@H]1O[C@H](c2cn(CCOCCOCCOCCN3CCN(CCOCCOCCOCCn4cc([C@H]5O[C@H](CO)[C@H](O)[C@H](O)[C@H]5O)nn4)CC3)nn2)[C@H](O)[C@@H](O)[C@H]1O. The van der Waals surface area contributed by atoms with Crippen LogP contribution in [0.4, 0.5) is 0 Å². The molecule has 0 saturated carbocycles. The molecule has 3 fully saturated rings. The van der Waals surface area contributed by atoms with E-state index in [0.717, 1.165) is 39.3 Å². The minimum atomic E-state index is -1.48. The van der Waals surface area contributed by atoms with Gasteiger partial charge in [-0.15, -0.1) is 10.2 Å². The van der Waals surface area contributed by atoms with Crippen LogP contribution in [-0.4, -0.2) is 261 Å². The van der Waals surface area contributed by atoms with Gasteiger partial charge in [0.05, 0.1) is 118 Å². The number of aromatic nitrogens is 6. The molecule has 344 valence electrons. The summed E-state index contributed by atoms with van der Waals surface area (Å²) in [6.45, 7) is 10.9. The number of rotatable bonds is 28. The molecule has 24 nitrogen and oxygen atoms in total. The maximum absolute atomic E-state index is 10.3. The van der Waals surface area contributed by atoms with Crippen molar-refractivity contribution in [2.24, 2.45) is 0 Å². The molecule has 8 N–H and O–H groups in total. The van der Waals surface area contributed by atoms with E-state index in [2.05, 4.69) is 30.4 Å². The van der Waals surface area contributed by atoms with Crippen molar-refractivity contribution < 1.29 is 78.7 Å². The quantitative estimate of drug-likeness (QED) is 0.0370. The molecular weight excluding hydrogens is 800 g/mol. The molecule has 3 aliphatic rings. The molecule has 0 bridgehead atoms. The highest BCUT2D eigenvalue weighted by molar-refractivity contribution is 5.07. The fourth-order valence-corrected chi connectivity index (χ4v) is 6.82. The molecule has 60 heavy (non-hydrogen) atoms. The van der Waals surface area contributed by atoms with Crippen molar-refractivity contribution in [2.75, 3.05) is 132 Å². The van der Waals surface area contributed by atoms with E-state index < -0.39 is 74.3 Å². The Labute approximate surface area is 348 Å². The second-order valence-corrected chi connectivity index (χ2v) is 14.7. The summed E-state index contributed by atoms with van der Waals surface area (Å²) >= 11 is 0. The van der Waals surface area contributed by atoms with Gasteiger partial charge in [-0.05, 0) is 0 Å². The summed E-state index contributed by atoms with van der Waals surface area (Å²) in [5, 5.41) is 95.1. The van der Waals surface area contributed by atoms with Crippen molar-refractivity contribution in [3.8, 4) is 0 Å². The fourth-order valence-electron chi connectivity index (χ4n) is 6.82. The maximum Gasteiger partial charge on any atom is 0.132 e. The number of piperazine rings is 1. The van der Waals surface area contributed by atoms with Crippen LogP contribution in [0.15, 0.2) is 12.4 Å². The lowest BCUT2D eigenvalue weighted by Gasteiger charge is -2.39. The number of hydrogen-bond donors (Lipinski definition) is 8. The Morgan fingerprint density at radius 2 is 0.767 bits per heavy atom. The van der Waals surface area contributed by atoms with Crippen LogP contribution in [0.1, 0.15) is 23.6 Å². The monoisotopic (exact) mass is 864 g/mol. The van der Waals surface area contributed by atoms with E-state index >= 15 is 0 Å². The average molecular weight is 865 g/mol. The van der Waals surface area contributed by atoms with E-state index in [9.17, 15) is 40.9 Å². The van der Waals surface area contributed by atoms with E-state index in [0.29, 0.717) is 92.4 Å². The van der Waals surface area contributed by atoms with Crippen LogP contribution in [0.3, 0.4) is 0 Å². The zero-order valence-corrected chi connectivity index (χ0v) is 33.9. The molecular formula is C36H64N8O16. The molecule has 5 heterocycles. The van der Waals surface area contributed by atoms with E-state index in [1.54, 1.807) is 12.4 Å². The highest BCUT2D eigenvalue weighted by Crippen LogP contribution is 2.32. The van der Waals surface area contributed by atoms with Gasteiger partial charge in [-0.1, -0.05) is 10.4 Å². The number of aliphatic hydroxyl groups is 8. The first-order valence-corrected chi connectivity index (χ1v) is 20.5. The van der Waals surface area contributed by atoms with Gasteiger partial charge in [-0.25, -0.2) is 9.36 Å². The Bertz CT molecular complexity index is 1330. The Morgan fingerprint density at radius 3 is 1.10 bits per heavy atom. The zero-order chi connectivity index (χ0) is 42.7. The lowest BCUT2D eigenvalue weighted by atomic mass is 9.94. The first kappa shape index (κ1) is 48.6. The standard InChI is InChI=1S/C36H64N8O16/c45-23-27-29(47)31(49)33(51)35(59-27)25-21-43(39-37-25)7-11-55-15-19-57-17-13-53-9-5-41-1-2-42(4-3-41)6-10-54-14-18-58-20-16-56-12-8-44-22-26(38-40-44)36-34(52)32(50)30(48)28(24-46)60-36/h21-22,27-36,45-52H,1-20,23-24H2/t27-,28-,29+,30+,31+,32+,33-,34-,35-,36-/m1/s1. The Hall–Kier alpha value is -2.44. The van der Waals surface area contributed by atoms with Crippen molar-refractivity contribution in [2.45, 2.75) is 74.1 Å². The summed E-state index contributed by atoms with van der Waals surface area (Å²) < 4.78 is 47.9. The molecule has 5 rings (SSSR count). The molecule has 0 amide bonds. The van der Waals surface area contributed by atoms with Crippen LogP contribution in [0.5, 0.6) is 0 Å². The van der Waals surface area contributed by atoms with Crippen molar-refractivity contribution in [1.29, 1.82) is 0 Å². The Balaban J connectivity index is 0.762. The summed E-state index contributed by atoms with van der Waals surface area (Å²) in [4.78, 5) is 4.77. The van der Waals surface area contributed by atoms with E-state index in [-0.39, 0.29) is 11.4 Å². The second-order valence-electron chi connectivity index (χ2n) is 14.7. The van der Waals surface area contributed by atoms with Gasteiger partial charge in [0.2, 0.25) is 0 Å². The van der Waals surface area contributed by atoms with Crippen LogP contribution in [0, 0.1) is 0 Å². The van der Waals surface area contributed by atoms with Gasteiger partial charge in [-0.3, -0.25) is 9.80 Å². The lowest BCUT2D eigenvalue weighted by molar-refractivity contribution is -0.232. The zero-order valence-electron chi connectivity index (χ0n) is 33.9. The number of ether oxygens (including phenoxy) is 8.